The molecule has 0 saturated carbocycles. The van der Waals surface area contributed by atoms with Crippen LogP contribution in [0.25, 0.3) is 0 Å². The number of nitrogens with zero attached hydrogens (tertiary/aromatic N) is 3. The molecule has 4 N–H and O–H groups in total. The number of aryl methyl sites for hydroxylation is 1. The first-order valence-corrected chi connectivity index (χ1v) is 6.08. The zero-order valence-electron chi connectivity index (χ0n) is 11.2. The molecule has 0 bridgehead atoms. The van der Waals surface area contributed by atoms with Gasteiger partial charge in [-0.05, 0) is 0 Å². The van der Waals surface area contributed by atoms with Crippen molar-refractivity contribution < 1.29 is 19.2 Å². The quantitative estimate of drug-likeness (QED) is 0.566. The number of aromatic nitrogens is 4. The standard InChI is InChI=1S/C11H14N6O4/c1-6-15-9(17-21-6)4-13-11(20)16-8(10(18)19)2-7-3-12-5-14-7/h3,5,8H,2,4H2,1H3,(H,12,14)(H,18,19)(H2,13,16,20)/t8-/m1/s1. The average Bonchev–Trinajstić information content (AvgIpc) is 3.07. The van der Waals surface area contributed by atoms with Crippen molar-refractivity contribution >= 4 is 12.0 Å². The Labute approximate surface area is 119 Å². The number of urea groups is 1. The zero-order chi connectivity index (χ0) is 15.2. The number of nitrogens with one attached hydrogen (secondary N) is 3. The van der Waals surface area contributed by atoms with Gasteiger partial charge in [0.15, 0.2) is 5.82 Å². The highest BCUT2D eigenvalue weighted by atomic mass is 16.5. The van der Waals surface area contributed by atoms with Crippen LogP contribution in [-0.2, 0) is 17.8 Å². The van der Waals surface area contributed by atoms with Crippen LogP contribution in [0.1, 0.15) is 17.4 Å². The molecule has 10 nitrogen and oxygen atoms in total. The Hall–Kier alpha value is -2.91. The molecular weight excluding hydrogens is 280 g/mol. The van der Waals surface area contributed by atoms with Crippen LogP contribution >= 0.6 is 0 Å². The van der Waals surface area contributed by atoms with Gasteiger partial charge >= 0.3 is 12.0 Å². The smallest absolute Gasteiger partial charge is 0.326 e. The maximum atomic E-state index is 11.7. The molecule has 2 heterocycles. The Kier molecular flexibility index (Phi) is 4.49. The molecule has 2 amide bonds. The summed E-state index contributed by atoms with van der Waals surface area (Å²) in [5.74, 6) is -0.451. The second kappa shape index (κ2) is 6.50. The molecule has 0 aliphatic rings. The molecule has 0 aromatic carbocycles. The summed E-state index contributed by atoms with van der Waals surface area (Å²) in [5.41, 5.74) is 0.608. The van der Waals surface area contributed by atoms with Gasteiger partial charge < -0.3 is 25.2 Å². The summed E-state index contributed by atoms with van der Waals surface area (Å²) in [6.07, 6.45) is 3.04. The van der Waals surface area contributed by atoms with Crippen LogP contribution in [0.15, 0.2) is 17.0 Å². The molecule has 0 radical (unpaired) electrons. The largest absolute Gasteiger partial charge is 0.480 e. The second-order valence-corrected chi connectivity index (χ2v) is 4.23. The molecule has 112 valence electrons. The van der Waals surface area contributed by atoms with Gasteiger partial charge in [-0.2, -0.15) is 4.98 Å². The molecule has 10 heteroatoms. The van der Waals surface area contributed by atoms with E-state index in [1.807, 2.05) is 0 Å². The highest BCUT2D eigenvalue weighted by molar-refractivity contribution is 5.82. The molecule has 0 unspecified atom stereocenters. The van der Waals surface area contributed by atoms with Crippen LogP contribution in [0.4, 0.5) is 4.79 Å². The Morgan fingerprint density at radius 3 is 2.90 bits per heavy atom. The number of carboxylic acids is 1. The molecule has 0 aliphatic carbocycles. The fourth-order valence-corrected chi connectivity index (χ4v) is 1.60. The molecule has 0 saturated heterocycles. The van der Waals surface area contributed by atoms with Crippen molar-refractivity contribution in [1.29, 1.82) is 0 Å². The minimum Gasteiger partial charge on any atom is -0.480 e. The van der Waals surface area contributed by atoms with Gasteiger partial charge in [-0.15, -0.1) is 0 Å². The monoisotopic (exact) mass is 294 g/mol. The Morgan fingerprint density at radius 1 is 1.52 bits per heavy atom. The van der Waals surface area contributed by atoms with Crippen LogP contribution in [0.3, 0.4) is 0 Å². The number of aromatic amines is 1. The van der Waals surface area contributed by atoms with E-state index in [9.17, 15) is 9.59 Å². The molecule has 0 spiro atoms. The summed E-state index contributed by atoms with van der Waals surface area (Å²) < 4.78 is 4.75. The van der Waals surface area contributed by atoms with Gasteiger partial charge in [0.1, 0.15) is 6.04 Å². The summed E-state index contributed by atoms with van der Waals surface area (Å²) in [7, 11) is 0. The Morgan fingerprint density at radius 2 is 2.33 bits per heavy atom. The molecule has 2 aromatic heterocycles. The van der Waals surface area contributed by atoms with Gasteiger partial charge in [0.05, 0.1) is 12.9 Å². The first-order valence-electron chi connectivity index (χ1n) is 6.08. The lowest BCUT2D eigenvalue weighted by Gasteiger charge is -2.13. The van der Waals surface area contributed by atoms with Crippen molar-refractivity contribution in [2.24, 2.45) is 0 Å². The first kappa shape index (κ1) is 14.5. The lowest BCUT2D eigenvalue weighted by Crippen LogP contribution is -2.47. The van der Waals surface area contributed by atoms with Crippen molar-refractivity contribution in [3.8, 4) is 0 Å². The van der Waals surface area contributed by atoms with Crippen LogP contribution in [0.5, 0.6) is 0 Å². The van der Waals surface area contributed by atoms with Gasteiger partial charge in [0.2, 0.25) is 5.89 Å². The summed E-state index contributed by atoms with van der Waals surface area (Å²) in [5, 5.41) is 17.5. The predicted octanol–water partition coefficient (Wildman–Crippen LogP) is -0.404. The summed E-state index contributed by atoms with van der Waals surface area (Å²) in [4.78, 5) is 33.3. The third kappa shape index (κ3) is 4.30. The van der Waals surface area contributed by atoms with Crippen molar-refractivity contribution in [2.75, 3.05) is 0 Å². The number of H-pyrrole nitrogens is 1. The summed E-state index contributed by atoms with van der Waals surface area (Å²) in [6.45, 7) is 1.67. The highest BCUT2D eigenvalue weighted by Gasteiger charge is 2.21. The molecule has 0 fully saturated rings. The number of carbonyl (C=O) groups excluding carboxylic acids is 1. The second-order valence-electron chi connectivity index (χ2n) is 4.23. The maximum absolute atomic E-state index is 11.7. The summed E-state index contributed by atoms with van der Waals surface area (Å²) in [6, 6.07) is -1.71. The van der Waals surface area contributed by atoms with Crippen LogP contribution in [0, 0.1) is 6.92 Å². The average molecular weight is 294 g/mol. The van der Waals surface area contributed by atoms with Crippen LogP contribution < -0.4 is 10.6 Å². The molecular formula is C11H14N6O4. The maximum Gasteiger partial charge on any atom is 0.326 e. The number of imidazole rings is 1. The van der Waals surface area contributed by atoms with E-state index in [1.54, 1.807) is 6.92 Å². The molecule has 2 aromatic rings. The predicted molar refractivity (Wildman–Crippen MR) is 68.1 cm³/mol. The number of aliphatic carboxylic acids is 1. The van der Waals surface area contributed by atoms with Crippen molar-refractivity contribution in [3.63, 3.8) is 0 Å². The molecule has 0 aliphatic heterocycles. The Balaban J connectivity index is 1.84. The van der Waals surface area contributed by atoms with Crippen LogP contribution in [-0.4, -0.2) is 43.3 Å². The minimum absolute atomic E-state index is 0.0412. The number of carbonyl (C=O) groups is 2. The highest BCUT2D eigenvalue weighted by Crippen LogP contribution is 1.99. The van der Waals surface area contributed by atoms with Gasteiger partial charge in [0.25, 0.3) is 0 Å². The number of amides is 2. The van der Waals surface area contributed by atoms with Gasteiger partial charge in [0, 0.05) is 25.2 Å². The van der Waals surface area contributed by atoms with E-state index in [0.717, 1.165) is 0 Å². The van der Waals surface area contributed by atoms with E-state index in [-0.39, 0.29) is 13.0 Å². The SMILES string of the molecule is Cc1nc(CNC(=O)N[C@H](Cc2cnc[nH]2)C(=O)O)no1. The lowest BCUT2D eigenvalue weighted by atomic mass is 10.2. The Bertz CT molecular complexity index is 608. The topological polar surface area (TPSA) is 146 Å². The zero-order valence-corrected chi connectivity index (χ0v) is 11.2. The fourth-order valence-electron chi connectivity index (χ4n) is 1.60. The first-order chi connectivity index (χ1) is 10.0. The molecule has 2 rings (SSSR count). The van der Waals surface area contributed by atoms with E-state index >= 15 is 0 Å². The normalized spacial score (nSPS) is 11.9. The lowest BCUT2D eigenvalue weighted by molar-refractivity contribution is -0.139. The number of hydrogen-bond donors (Lipinski definition) is 4. The number of carboxylic acid groups (broad SMARTS) is 1. The van der Waals surface area contributed by atoms with E-state index < -0.39 is 18.0 Å². The fraction of sp³-hybridized carbons (Fsp3) is 0.364. The number of rotatable bonds is 6. The van der Waals surface area contributed by atoms with Crippen LogP contribution in [0.2, 0.25) is 0 Å². The van der Waals surface area contributed by atoms with E-state index in [0.29, 0.717) is 17.4 Å². The van der Waals surface area contributed by atoms with Gasteiger partial charge in [-0.25, -0.2) is 14.6 Å². The molecule has 21 heavy (non-hydrogen) atoms. The van der Waals surface area contributed by atoms with Crippen molar-refractivity contribution in [3.05, 3.63) is 29.9 Å². The van der Waals surface area contributed by atoms with Crippen molar-refractivity contribution in [2.45, 2.75) is 25.9 Å². The number of hydrogen-bond acceptors (Lipinski definition) is 6. The van der Waals surface area contributed by atoms with E-state index in [4.69, 9.17) is 9.63 Å². The van der Waals surface area contributed by atoms with Gasteiger partial charge in [-0.1, -0.05) is 5.16 Å². The molecule has 1 atom stereocenters. The third-order valence-corrected chi connectivity index (χ3v) is 2.56. The van der Waals surface area contributed by atoms with Gasteiger partial charge in [-0.3, -0.25) is 0 Å². The third-order valence-electron chi connectivity index (χ3n) is 2.56. The van der Waals surface area contributed by atoms with E-state index in [2.05, 4.69) is 30.7 Å². The van der Waals surface area contributed by atoms with Crippen molar-refractivity contribution in [1.82, 2.24) is 30.7 Å². The summed E-state index contributed by atoms with van der Waals surface area (Å²) >= 11 is 0. The minimum atomic E-state index is -1.14. The van der Waals surface area contributed by atoms with E-state index in [1.165, 1.54) is 12.5 Å².